The normalized spacial score (nSPS) is 10.8. The molecule has 0 saturated heterocycles. The molecule has 2 aromatic rings. The fourth-order valence-electron chi connectivity index (χ4n) is 1.38. The van der Waals surface area contributed by atoms with E-state index in [1.165, 1.54) is 6.07 Å². The van der Waals surface area contributed by atoms with Gasteiger partial charge in [0.05, 0.1) is 11.3 Å². The van der Waals surface area contributed by atoms with Crippen LogP contribution in [-0.2, 0) is 7.05 Å². The summed E-state index contributed by atoms with van der Waals surface area (Å²) in [6.07, 6.45) is 0. The Hall–Kier alpha value is -1.98. The van der Waals surface area contributed by atoms with Gasteiger partial charge in [0.1, 0.15) is 17.5 Å². The largest absolute Gasteiger partial charge is 0.396 e. The van der Waals surface area contributed by atoms with Gasteiger partial charge in [-0.2, -0.15) is 0 Å². The van der Waals surface area contributed by atoms with Crippen LogP contribution < -0.4 is 5.73 Å². The summed E-state index contributed by atoms with van der Waals surface area (Å²) in [4.78, 5) is 0. The highest BCUT2D eigenvalue weighted by atomic mass is 19.1. The van der Waals surface area contributed by atoms with Crippen LogP contribution in [0.1, 0.15) is 5.82 Å². The molecule has 0 saturated carbocycles. The third-order valence-electron chi connectivity index (χ3n) is 2.42. The second kappa shape index (κ2) is 3.55. The zero-order chi connectivity index (χ0) is 11.9. The fraction of sp³-hybridized carbons (Fsp3) is 0.200. The standard InChI is InChI=1S/C10H10F2N4/c1-5-14-15-10(16(5)2)6-3-9(13)8(12)4-7(6)11/h3-4H,13H2,1-2H3. The molecule has 4 nitrogen and oxygen atoms in total. The molecule has 0 bridgehead atoms. The average Bonchev–Trinajstić information content (AvgIpc) is 2.54. The van der Waals surface area contributed by atoms with Gasteiger partial charge in [0.25, 0.3) is 0 Å². The lowest BCUT2D eigenvalue weighted by molar-refractivity contribution is 0.587. The molecule has 2 N–H and O–H groups in total. The number of halogens is 2. The van der Waals surface area contributed by atoms with Crippen molar-refractivity contribution >= 4 is 5.69 Å². The van der Waals surface area contributed by atoms with Crippen molar-refractivity contribution in [1.82, 2.24) is 14.8 Å². The molecule has 0 atom stereocenters. The smallest absolute Gasteiger partial charge is 0.166 e. The predicted molar refractivity (Wildman–Crippen MR) is 55.5 cm³/mol. The van der Waals surface area contributed by atoms with Gasteiger partial charge in [-0.1, -0.05) is 0 Å². The van der Waals surface area contributed by atoms with E-state index < -0.39 is 11.6 Å². The van der Waals surface area contributed by atoms with Crippen LogP contribution in [0.3, 0.4) is 0 Å². The molecule has 16 heavy (non-hydrogen) atoms. The van der Waals surface area contributed by atoms with Crippen LogP contribution >= 0.6 is 0 Å². The number of hydrogen-bond acceptors (Lipinski definition) is 3. The topological polar surface area (TPSA) is 56.7 Å². The van der Waals surface area contributed by atoms with Crippen LogP contribution in [0.4, 0.5) is 14.5 Å². The third-order valence-corrected chi connectivity index (χ3v) is 2.42. The first-order chi connectivity index (χ1) is 7.50. The average molecular weight is 224 g/mol. The van der Waals surface area contributed by atoms with Crippen LogP contribution in [0.15, 0.2) is 12.1 Å². The zero-order valence-corrected chi connectivity index (χ0v) is 8.83. The summed E-state index contributed by atoms with van der Waals surface area (Å²) in [6, 6.07) is 1.96. The SMILES string of the molecule is Cc1nnc(-c2cc(N)c(F)cc2F)n1C. The van der Waals surface area contributed by atoms with E-state index in [1.54, 1.807) is 18.5 Å². The summed E-state index contributed by atoms with van der Waals surface area (Å²) >= 11 is 0. The van der Waals surface area contributed by atoms with E-state index in [0.717, 1.165) is 6.07 Å². The van der Waals surface area contributed by atoms with Crippen LogP contribution in [-0.4, -0.2) is 14.8 Å². The highest BCUT2D eigenvalue weighted by molar-refractivity contribution is 5.62. The van der Waals surface area contributed by atoms with Gasteiger partial charge in [-0.05, 0) is 13.0 Å². The minimum Gasteiger partial charge on any atom is -0.396 e. The maximum absolute atomic E-state index is 13.5. The monoisotopic (exact) mass is 224 g/mol. The van der Waals surface area contributed by atoms with Crippen molar-refractivity contribution in [1.29, 1.82) is 0 Å². The molecule has 84 valence electrons. The quantitative estimate of drug-likeness (QED) is 0.749. The van der Waals surface area contributed by atoms with Gasteiger partial charge in [0.15, 0.2) is 5.82 Å². The second-order valence-electron chi connectivity index (χ2n) is 3.48. The van der Waals surface area contributed by atoms with Crippen molar-refractivity contribution in [2.24, 2.45) is 7.05 Å². The number of rotatable bonds is 1. The van der Waals surface area contributed by atoms with E-state index in [9.17, 15) is 8.78 Å². The Kier molecular flexibility index (Phi) is 2.34. The maximum Gasteiger partial charge on any atom is 0.166 e. The Labute approximate surface area is 90.7 Å². The van der Waals surface area contributed by atoms with Crippen LogP contribution in [0.5, 0.6) is 0 Å². The summed E-state index contributed by atoms with van der Waals surface area (Å²) in [5.74, 6) is -0.527. The first kappa shape index (κ1) is 10.5. The van der Waals surface area contributed by atoms with Crippen LogP contribution in [0.25, 0.3) is 11.4 Å². The van der Waals surface area contributed by atoms with Gasteiger partial charge in [0, 0.05) is 13.1 Å². The molecule has 1 aromatic carbocycles. The molecule has 0 aliphatic carbocycles. The highest BCUT2D eigenvalue weighted by Crippen LogP contribution is 2.25. The third kappa shape index (κ3) is 1.52. The van der Waals surface area contributed by atoms with Crippen molar-refractivity contribution in [3.05, 3.63) is 29.6 Å². The fourth-order valence-corrected chi connectivity index (χ4v) is 1.38. The molecule has 0 spiro atoms. The Bertz CT molecular complexity index is 548. The minimum atomic E-state index is -0.778. The molecule has 1 aromatic heterocycles. The van der Waals surface area contributed by atoms with E-state index in [1.807, 2.05) is 0 Å². The molecule has 2 rings (SSSR count). The van der Waals surface area contributed by atoms with E-state index in [4.69, 9.17) is 5.73 Å². The first-order valence-electron chi connectivity index (χ1n) is 4.61. The molecule has 0 radical (unpaired) electrons. The molecular formula is C10H10F2N4. The lowest BCUT2D eigenvalue weighted by Crippen LogP contribution is -2.00. The number of benzene rings is 1. The number of nitrogen functional groups attached to an aromatic ring is 1. The summed E-state index contributed by atoms with van der Waals surface area (Å²) in [6.45, 7) is 1.74. The zero-order valence-electron chi connectivity index (χ0n) is 8.83. The lowest BCUT2D eigenvalue weighted by atomic mass is 10.1. The van der Waals surface area contributed by atoms with Crippen molar-refractivity contribution in [3.63, 3.8) is 0 Å². The van der Waals surface area contributed by atoms with Gasteiger partial charge < -0.3 is 10.3 Å². The Balaban J connectivity index is 2.65. The Morgan fingerprint density at radius 1 is 1.19 bits per heavy atom. The Morgan fingerprint density at radius 3 is 2.44 bits per heavy atom. The molecule has 0 amide bonds. The molecule has 0 aliphatic rings. The minimum absolute atomic E-state index is 0.114. The van der Waals surface area contributed by atoms with Gasteiger partial charge in [-0.25, -0.2) is 8.78 Å². The van der Waals surface area contributed by atoms with E-state index in [2.05, 4.69) is 10.2 Å². The van der Waals surface area contributed by atoms with Crippen molar-refractivity contribution in [2.45, 2.75) is 6.92 Å². The summed E-state index contributed by atoms with van der Waals surface area (Å²) < 4.78 is 28.1. The van der Waals surface area contributed by atoms with Gasteiger partial charge >= 0.3 is 0 Å². The molecule has 1 heterocycles. The highest BCUT2D eigenvalue weighted by Gasteiger charge is 2.15. The molecule has 6 heteroatoms. The number of aromatic nitrogens is 3. The van der Waals surface area contributed by atoms with Gasteiger partial charge in [-0.15, -0.1) is 10.2 Å². The van der Waals surface area contributed by atoms with Crippen LogP contribution in [0.2, 0.25) is 0 Å². The number of nitrogens with zero attached hydrogens (tertiary/aromatic N) is 3. The lowest BCUT2D eigenvalue weighted by Gasteiger charge is -2.05. The molecule has 0 fully saturated rings. The number of nitrogens with two attached hydrogens (primary N) is 1. The summed E-state index contributed by atoms with van der Waals surface area (Å²) in [5, 5.41) is 7.61. The molecular weight excluding hydrogens is 214 g/mol. The second-order valence-corrected chi connectivity index (χ2v) is 3.48. The molecule has 0 aliphatic heterocycles. The van der Waals surface area contributed by atoms with Crippen molar-refractivity contribution < 1.29 is 8.78 Å². The number of aryl methyl sites for hydroxylation is 1. The number of hydrogen-bond donors (Lipinski definition) is 1. The molecule has 0 unspecified atom stereocenters. The number of anilines is 1. The summed E-state index contributed by atoms with van der Waals surface area (Å²) in [7, 11) is 1.70. The predicted octanol–water partition coefficient (Wildman–Crippen LogP) is 1.65. The maximum atomic E-state index is 13.5. The Morgan fingerprint density at radius 2 is 1.88 bits per heavy atom. The van der Waals surface area contributed by atoms with Crippen molar-refractivity contribution in [2.75, 3.05) is 5.73 Å². The van der Waals surface area contributed by atoms with E-state index >= 15 is 0 Å². The van der Waals surface area contributed by atoms with Crippen LogP contribution in [0, 0.1) is 18.6 Å². The van der Waals surface area contributed by atoms with Gasteiger partial charge in [-0.3, -0.25) is 0 Å². The van der Waals surface area contributed by atoms with E-state index in [0.29, 0.717) is 11.6 Å². The summed E-state index contributed by atoms with van der Waals surface area (Å²) in [5.41, 5.74) is 5.41. The van der Waals surface area contributed by atoms with E-state index in [-0.39, 0.29) is 11.3 Å². The van der Waals surface area contributed by atoms with Gasteiger partial charge in [0.2, 0.25) is 0 Å². The first-order valence-corrected chi connectivity index (χ1v) is 4.61. The van der Waals surface area contributed by atoms with Crippen molar-refractivity contribution in [3.8, 4) is 11.4 Å².